The third-order valence-corrected chi connectivity index (χ3v) is 1.81. The van der Waals surface area contributed by atoms with Crippen LogP contribution < -0.4 is 0 Å². The summed E-state index contributed by atoms with van der Waals surface area (Å²) in [6, 6.07) is -0.463. The highest BCUT2D eigenvalue weighted by molar-refractivity contribution is 5.85. The molecule has 0 radical (unpaired) electrons. The molecule has 0 aromatic carbocycles. The maximum Gasteiger partial charge on any atom is 0.304 e. The topological polar surface area (TPSA) is 40.5 Å². The van der Waals surface area contributed by atoms with Crippen LogP contribution in [0.25, 0.3) is 0 Å². The van der Waals surface area contributed by atoms with E-state index in [1.54, 1.807) is 11.9 Å². The summed E-state index contributed by atoms with van der Waals surface area (Å²) in [7, 11) is 1.76. The molecule has 0 bridgehead atoms. The minimum absolute atomic E-state index is 0. The van der Waals surface area contributed by atoms with Gasteiger partial charge in [-0.05, 0) is 26.4 Å². The molecule has 1 fully saturated rings. The second-order valence-corrected chi connectivity index (χ2v) is 2.59. The van der Waals surface area contributed by atoms with E-state index in [0.29, 0.717) is 6.42 Å². The Morgan fingerprint density at radius 2 is 2.55 bits per heavy atom. The van der Waals surface area contributed by atoms with Gasteiger partial charge in [-0.1, -0.05) is 0 Å². The standard InChI is InChI=1S/C7H13NO2.ClH/c1-8-4-2-3-6(8)5-7(9)10;/h6H,2-5H2,1H3,(H,9,10);1H/t6-;/m1./s1/i5D2;. The van der Waals surface area contributed by atoms with Gasteiger partial charge < -0.3 is 10.0 Å². The molecule has 1 aliphatic heterocycles. The SMILES string of the molecule is Cl.[2H]C([2H])(C(=O)O)[C@H]1CCCN1C. The second-order valence-electron chi connectivity index (χ2n) is 2.59. The Morgan fingerprint density at radius 1 is 1.91 bits per heavy atom. The van der Waals surface area contributed by atoms with Crippen LogP contribution >= 0.6 is 12.4 Å². The molecule has 0 aromatic rings. The molecule has 1 N–H and O–H groups in total. The Balaban J connectivity index is 0.00000144. The van der Waals surface area contributed by atoms with Gasteiger partial charge in [-0.15, -0.1) is 12.4 Å². The number of likely N-dealkylation sites (tertiary alicyclic amines) is 1. The first-order chi connectivity index (χ1) is 5.46. The Hall–Kier alpha value is -0.280. The van der Waals surface area contributed by atoms with Crippen LogP contribution in [0.1, 0.15) is 22.0 Å². The van der Waals surface area contributed by atoms with Crippen molar-refractivity contribution in [3.8, 4) is 0 Å². The summed E-state index contributed by atoms with van der Waals surface area (Å²) < 4.78 is 14.7. The Kier molecular flexibility index (Phi) is 3.06. The molecule has 1 rings (SSSR count). The van der Waals surface area contributed by atoms with Gasteiger partial charge in [0.1, 0.15) is 0 Å². The lowest BCUT2D eigenvalue weighted by atomic mass is 10.1. The maximum atomic E-state index is 10.6. The summed E-state index contributed by atoms with van der Waals surface area (Å²) in [6.07, 6.45) is -0.588. The van der Waals surface area contributed by atoms with Crippen molar-refractivity contribution in [3.05, 3.63) is 0 Å². The highest BCUT2D eigenvalue weighted by atomic mass is 35.5. The average Bonchev–Trinajstić information content (AvgIpc) is 2.35. The van der Waals surface area contributed by atoms with Crippen molar-refractivity contribution in [1.82, 2.24) is 4.90 Å². The lowest BCUT2D eigenvalue weighted by Crippen LogP contribution is -2.27. The molecular weight excluding hydrogens is 166 g/mol. The van der Waals surface area contributed by atoms with Crippen LogP contribution in [-0.4, -0.2) is 35.6 Å². The molecule has 0 aliphatic carbocycles. The zero-order valence-corrected chi connectivity index (χ0v) is 7.23. The van der Waals surface area contributed by atoms with E-state index < -0.39 is 18.4 Å². The van der Waals surface area contributed by atoms with Crippen molar-refractivity contribution in [2.24, 2.45) is 0 Å². The summed E-state index contributed by atoms with van der Waals surface area (Å²) in [4.78, 5) is 12.3. The molecule has 11 heavy (non-hydrogen) atoms. The van der Waals surface area contributed by atoms with Crippen LogP contribution in [0, 0.1) is 0 Å². The van der Waals surface area contributed by atoms with Crippen LogP contribution in [0.3, 0.4) is 0 Å². The van der Waals surface area contributed by atoms with Gasteiger partial charge in [0.15, 0.2) is 0 Å². The highest BCUT2D eigenvalue weighted by Gasteiger charge is 2.22. The van der Waals surface area contributed by atoms with E-state index in [4.69, 9.17) is 7.85 Å². The lowest BCUT2D eigenvalue weighted by molar-refractivity contribution is -0.138. The van der Waals surface area contributed by atoms with Gasteiger partial charge in [0.25, 0.3) is 0 Å². The van der Waals surface area contributed by atoms with Crippen LogP contribution in [0.2, 0.25) is 0 Å². The van der Waals surface area contributed by atoms with Gasteiger partial charge in [0.2, 0.25) is 0 Å². The van der Waals surface area contributed by atoms with E-state index in [1.807, 2.05) is 0 Å². The predicted octanol–water partition coefficient (Wildman–Crippen LogP) is 0.977. The number of halogens is 1. The van der Waals surface area contributed by atoms with Gasteiger partial charge in [-0.3, -0.25) is 4.79 Å². The van der Waals surface area contributed by atoms with Crippen LogP contribution in [-0.2, 0) is 4.79 Å². The molecule has 0 amide bonds. The van der Waals surface area contributed by atoms with Crippen LogP contribution in [0.15, 0.2) is 0 Å². The molecule has 0 saturated carbocycles. The molecule has 0 unspecified atom stereocenters. The smallest absolute Gasteiger partial charge is 0.304 e. The van der Waals surface area contributed by atoms with Crippen molar-refractivity contribution in [3.63, 3.8) is 0 Å². The van der Waals surface area contributed by atoms with Crippen molar-refractivity contribution < 1.29 is 12.6 Å². The van der Waals surface area contributed by atoms with Gasteiger partial charge in [-0.25, -0.2) is 0 Å². The highest BCUT2D eigenvalue weighted by Crippen LogP contribution is 2.17. The van der Waals surface area contributed by atoms with E-state index in [1.165, 1.54) is 0 Å². The fourth-order valence-corrected chi connectivity index (χ4v) is 1.24. The van der Waals surface area contributed by atoms with Crippen molar-refractivity contribution in [1.29, 1.82) is 0 Å². The number of aliphatic carboxylic acids is 1. The molecule has 1 saturated heterocycles. The first kappa shape index (κ1) is 7.37. The number of hydrogen-bond acceptors (Lipinski definition) is 2. The third-order valence-electron chi connectivity index (χ3n) is 1.81. The zero-order valence-electron chi connectivity index (χ0n) is 8.41. The number of carboxylic acids is 1. The number of rotatable bonds is 2. The Bertz CT molecular complexity index is 201. The van der Waals surface area contributed by atoms with Crippen molar-refractivity contribution in [2.75, 3.05) is 13.6 Å². The first-order valence-electron chi connectivity index (χ1n) is 4.40. The molecule has 1 atom stereocenters. The van der Waals surface area contributed by atoms with E-state index >= 15 is 0 Å². The molecule has 1 aliphatic rings. The fraction of sp³-hybridized carbons (Fsp3) is 0.857. The Labute approximate surface area is 75.6 Å². The quantitative estimate of drug-likeness (QED) is 0.691. The maximum absolute atomic E-state index is 10.6. The summed E-state index contributed by atoms with van der Waals surface area (Å²) in [5, 5.41) is 8.62. The van der Waals surface area contributed by atoms with E-state index in [-0.39, 0.29) is 12.4 Å². The predicted molar refractivity (Wildman–Crippen MR) is 45.2 cm³/mol. The van der Waals surface area contributed by atoms with Crippen molar-refractivity contribution in [2.45, 2.75) is 25.3 Å². The number of carboxylic acid groups (broad SMARTS) is 1. The Morgan fingerprint density at radius 3 is 2.91 bits per heavy atom. The molecule has 4 heteroatoms. The largest absolute Gasteiger partial charge is 0.481 e. The average molecular weight is 182 g/mol. The lowest BCUT2D eigenvalue weighted by Gasteiger charge is -2.16. The van der Waals surface area contributed by atoms with Gasteiger partial charge in [0.05, 0.1) is 6.37 Å². The summed E-state index contributed by atoms with van der Waals surface area (Å²) >= 11 is 0. The fourth-order valence-electron chi connectivity index (χ4n) is 1.24. The van der Waals surface area contributed by atoms with Gasteiger partial charge >= 0.3 is 5.97 Å². The monoisotopic (exact) mass is 181 g/mol. The molecular formula is C7H14ClNO2. The number of hydrogen-bond donors (Lipinski definition) is 1. The first-order valence-corrected chi connectivity index (χ1v) is 3.40. The van der Waals surface area contributed by atoms with E-state index in [2.05, 4.69) is 0 Å². The molecule has 0 spiro atoms. The molecule has 3 nitrogen and oxygen atoms in total. The minimum Gasteiger partial charge on any atom is -0.481 e. The number of carbonyl (C=O) groups is 1. The molecule has 1 heterocycles. The van der Waals surface area contributed by atoms with Crippen molar-refractivity contribution >= 4 is 18.4 Å². The summed E-state index contributed by atoms with van der Waals surface area (Å²) in [5.74, 6) is -1.36. The molecule has 66 valence electrons. The molecule has 0 aromatic heterocycles. The van der Waals surface area contributed by atoms with Crippen LogP contribution in [0.4, 0.5) is 0 Å². The third kappa shape index (κ3) is 3.08. The van der Waals surface area contributed by atoms with Crippen LogP contribution in [0.5, 0.6) is 0 Å². The van der Waals surface area contributed by atoms with Gasteiger partial charge in [-0.2, -0.15) is 0 Å². The minimum atomic E-state index is -2.11. The summed E-state index contributed by atoms with van der Waals surface area (Å²) in [6.45, 7) is 0.789. The van der Waals surface area contributed by atoms with E-state index in [9.17, 15) is 4.79 Å². The zero-order chi connectivity index (χ0) is 9.35. The summed E-state index contributed by atoms with van der Waals surface area (Å²) in [5.41, 5.74) is 0. The normalized spacial score (nSPS) is 28.6. The van der Waals surface area contributed by atoms with E-state index in [0.717, 1.165) is 13.0 Å². The second kappa shape index (κ2) is 4.57. The van der Waals surface area contributed by atoms with Gasteiger partial charge in [0, 0.05) is 8.78 Å². The number of nitrogens with zero attached hydrogens (tertiary/aromatic N) is 1.